The Balaban J connectivity index is 1.89. The minimum Gasteiger partial charge on any atom is -0.277 e. The van der Waals surface area contributed by atoms with Gasteiger partial charge in [0.25, 0.3) is 10.0 Å². The van der Waals surface area contributed by atoms with Crippen molar-refractivity contribution in [3.05, 3.63) is 52.8 Å². The number of halogens is 2. The summed E-state index contributed by atoms with van der Waals surface area (Å²) in [7, 11) is -7.82. The van der Waals surface area contributed by atoms with Gasteiger partial charge in [-0.05, 0) is 42.5 Å². The van der Waals surface area contributed by atoms with Gasteiger partial charge < -0.3 is 0 Å². The summed E-state index contributed by atoms with van der Waals surface area (Å²) in [5.74, 6) is -1.61. The van der Waals surface area contributed by atoms with Gasteiger partial charge in [0.1, 0.15) is 5.82 Å². The van der Waals surface area contributed by atoms with Gasteiger partial charge >= 0.3 is 0 Å². The van der Waals surface area contributed by atoms with Crippen LogP contribution in [0.5, 0.6) is 0 Å². The zero-order valence-electron chi connectivity index (χ0n) is 13.0. The first-order chi connectivity index (χ1) is 12.1. The Morgan fingerprint density at radius 2 is 1.77 bits per heavy atom. The van der Waals surface area contributed by atoms with Crippen LogP contribution in [0.4, 0.5) is 15.8 Å². The van der Waals surface area contributed by atoms with E-state index in [1.54, 1.807) is 0 Å². The number of sulfonamides is 2. The van der Waals surface area contributed by atoms with Crippen LogP contribution in [0.25, 0.3) is 0 Å². The number of carbonyl (C=O) groups excluding carboxylic acids is 1. The minimum atomic E-state index is -4.09. The zero-order chi connectivity index (χ0) is 19.1. The molecule has 0 radical (unpaired) electrons. The number of hydrogen-bond donors (Lipinski definition) is 1. The fourth-order valence-electron chi connectivity index (χ4n) is 2.41. The van der Waals surface area contributed by atoms with Gasteiger partial charge in [0.2, 0.25) is 15.9 Å². The number of nitrogens with zero attached hydrogens (tertiary/aromatic N) is 1. The molecular formula is C15H12BrFN2O5S2. The molecule has 7 nitrogen and oxygen atoms in total. The summed E-state index contributed by atoms with van der Waals surface area (Å²) in [5.41, 5.74) is -0.171. The van der Waals surface area contributed by atoms with E-state index in [-0.39, 0.29) is 28.4 Å². The Hall–Kier alpha value is -1.98. The average Bonchev–Trinajstić information content (AvgIpc) is 2.83. The van der Waals surface area contributed by atoms with Gasteiger partial charge in [-0.3, -0.25) is 9.52 Å². The number of amides is 1. The number of rotatable bonds is 4. The molecule has 1 aliphatic heterocycles. The smallest absolute Gasteiger partial charge is 0.261 e. The number of anilines is 2. The summed E-state index contributed by atoms with van der Waals surface area (Å²) in [6, 6.07) is 8.59. The summed E-state index contributed by atoms with van der Waals surface area (Å²) in [6.07, 6.45) is -0.118. The van der Waals surface area contributed by atoms with Crippen molar-refractivity contribution in [2.24, 2.45) is 0 Å². The van der Waals surface area contributed by atoms with Crippen LogP contribution < -0.4 is 9.03 Å². The second kappa shape index (κ2) is 6.63. The molecule has 1 amide bonds. The maximum Gasteiger partial charge on any atom is 0.261 e. The topological polar surface area (TPSA) is 101 Å². The van der Waals surface area contributed by atoms with Gasteiger partial charge in [0.05, 0.1) is 22.0 Å². The molecule has 11 heteroatoms. The normalized spacial score (nSPS) is 16.7. The van der Waals surface area contributed by atoms with E-state index in [4.69, 9.17) is 0 Å². The lowest BCUT2D eigenvalue weighted by Crippen LogP contribution is -2.29. The fourth-order valence-corrected chi connectivity index (χ4v) is 5.27. The van der Waals surface area contributed by atoms with Crippen LogP contribution in [0.15, 0.2) is 51.8 Å². The Kier molecular flexibility index (Phi) is 4.80. The van der Waals surface area contributed by atoms with Crippen molar-refractivity contribution in [3.63, 3.8) is 0 Å². The summed E-state index contributed by atoms with van der Waals surface area (Å²) >= 11 is 3.08. The predicted octanol–water partition coefficient (Wildman–Crippen LogP) is 2.46. The molecule has 1 heterocycles. The standard InChI is InChI=1S/C15H12BrFN2O5S2/c16-10-1-6-14(13(17)9-10)18-26(23,24)12-4-2-11(3-5-12)19-15(20)7-8-25(19,21)22/h1-6,9,18H,7-8H2. The van der Waals surface area contributed by atoms with Gasteiger partial charge in [-0.25, -0.2) is 25.5 Å². The summed E-state index contributed by atoms with van der Waals surface area (Å²) in [5, 5.41) is 0. The molecule has 0 aromatic heterocycles. The van der Waals surface area contributed by atoms with Crippen molar-refractivity contribution in [1.29, 1.82) is 0 Å². The fraction of sp³-hybridized carbons (Fsp3) is 0.133. The first kappa shape index (κ1) is 18.8. The Bertz CT molecular complexity index is 1090. The molecular weight excluding hydrogens is 451 g/mol. The number of benzene rings is 2. The molecule has 1 fully saturated rings. The minimum absolute atomic E-state index is 0.0567. The quantitative estimate of drug-likeness (QED) is 0.751. The van der Waals surface area contributed by atoms with E-state index in [1.165, 1.54) is 24.3 Å². The Morgan fingerprint density at radius 3 is 2.31 bits per heavy atom. The molecule has 0 bridgehead atoms. The van der Waals surface area contributed by atoms with Gasteiger partial charge in [-0.15, -0.1) is 0 Å². The Morgan fingerprint density at radius 1 is 1.12 bits per heavy atom. The van der Waals surface area contributed by atoms with E-state index >= 15 is 0 Å². The van der Waals surface area contributed by atoms with Gasteiger partial charge in [-0.1, -0.05) is 15.9 Å². The molecule has 0 aliphatic carbocycles. The SMILES string of the molecule is O=C1CCS(=O)(=O)N1c1ccc(S(=O)(=O)Nc2ccc(Br)cc2F)cc1. The number of carbonyl (C=O) groups is 1. The Labute approximate surface area is 158 Å². The predicted molar refractivity (Wildman–Crippen MR) is 97.2 cm³/mol. The van der Waals surface area contributed by atoms with E-state index in [2.05, 4.69) is 20.7 Å². The van der Waals surface area contributed by atoms with Gasteiger partial charge in [-0.2, -0.15) is 0 Å². The molecule has 3 rings (SSSR count). The summed E-state index contributed by atoms with van der Waals surface area (Å²) < 4.78 is 65.6. The average molecular weight is 463 g/mol. The van der Waals surface area contributed by atoms with Crippen molar-refractivity contribution in [2.45, 2.75) is 11.3 Å². The van der Waals surface area contributed by atoms with Crippen LogP contribution in [-0.2, 0) is 24.8 Å². The van der Waals surface area contributed by atoms with E-state index in [0.29, 0.717) is 8.78 Å². The highest BCUT2D eigenvalue weighted by Crippen LogP contribution is 2.27. The van der Waals surface area contributed by atoms with Crippen molar-refractivity contribution in [1.82, 2.24) is 0 Å². The van der Waals surface area contributed by atoms with Crippen LogP contribution in [0.3, 0.4) is 0 Å². The molecule has 0 atom stereocenters. The van der Waals surface area contributed by atoms with Gasteiger partial charge in [0, 0.05) is 10.9 Å². The third kappa shape index (κ3) is 3.60. The second-order valence-electron chi connectivity index (χ2n) is 5.45. The van der Waals surface area contributed by atoms with Crippen LogP contribution in [-0.4, -0.2) is 28.5 Å². The van der Waals surface area contributed by atoms with Crippen molar-refractivity contribution in [3.8, 4) is 0 Å². The van der Waals surface area contributed by atoms with Crippen molar-refractivity contribution >= 4 is 53.3 Å². The van der Waals surface area contributed by atoms with Gasteiger partial charge in [0.15, 0.2) is 0 Å². The first-order valence-corrected chi connectivity index (χ1v) is 11.1. The summed E-state index contributed by atoms with van der Waals surface area (Å²) in [4.78, 5) is 11.5. The maximum absolute atomic E-state index is 13.8. The molecule has 138 valence electrons. The third-order valence-electron chi connectivity index (χ3n) is 3.64. The monoisotopic (exact) mass is 462 g/mol. The lowest BCUT2D eigenvalue weighted by molar-refractivity contribution is -0.116. The van der Waals surface area contributed by atoms with E-state index in [0.717, 1.165) is 18.2 Å². The van der Waals surface area contributed by atoms with Crippen molar-refractivity contribution < 1.29 is 26.0 Å². The molecule has 1 N–H and O–H groups in total. The largest absolute Gasteiger partial charge is 0.277 e. The molecule has 0 spiro atoms. The second-order valence-corrected chi connectivity index (χ2v) is 9.98. The third-order valence-corrected chi connectivity index (χ3v) is 7.20. The highest BCUT2D eigenvalue weighted by molar-refractivity contribution is 9.10. The van der Waals surface area contributed by atoms with E-state index in [9.17, 15) is 26.0 Å². The van der Waals surface area contributed by atoms with Crippen molar-refractivity contribution in [2.75, 3.05) is 14.8 Å². The molecule has 1 aliphatic rings. The molecule has 0 unspecified atom stereocenters. The number of hydrogen-bond acceptors (Lipinski definition) is 5. The van der Waals surface area contributed by atoms with Crippen LogP contribution in [0, 0.1) is 5.82 Å². The molecule has 0 saturated carbocycles. The lowest BCUT2D eigenvalue weighted by Gasteiger charge is -2.15. The van der Waals surface area contributed by atoms with Crippen LogP contribution in [0.1, 0.15) is 6.42 Å². The molecule has 2 aromatic carbocycles. The molecule has 26 heavy (non-hydrogen) atoms. The zero-order valence-corrected chi connectivity index (χ0v) is 16.2. The maximum atomic E-state index is 13.8. The van der Waals surface area contributed by atoms with Crippen LogP contribution >= 0.6 is 15.9 Å². The molecule has 1 saturated heterocycles. The highest BCUT2D eigenvalue weighted by Gasteiger charge is 2.36. The lowest BCUT2D eigenvalue weighted by atomic mass is 10.3. The summed E-state index contributed by atoms with van der Waals surface area (Å²) in [6.45, 7) is 0. The number of nitrogens with one attached hydrogen (secondary N) is 1. The first-order valence-electron chi connectivity index (χ1n) is 7.24. The highest BCUT2D eigenvalue weighted by atomic mass is 79.9. The molecule has 2 aromatic rings. The van der Waals surface area contributed by atoms with E-state index < -0.39 is 31.8 Å². The van der Waals surface area contributed by atoms with E-state index in [1.807, 2.05) is 0 Å². The van der Waals surface area contributed by atoms with Crippen LogP contribution in [0.2, 0.25) is 0 Å².